The van der Waals surface area contributed by atoms with Gasteiger partial charge in [0.15, 0.2) is 11.5 Å². The molecule has 1 fully saturated rings. The van der Waals surface area contributed by atoms with Crippen molar-refractivity contribution < 1.29 is 14.2 Å². The van der Waals surface area contributed by atoms with Crippen molar-refractivity contribution in [1.82, 2.24) is 5.32 Å². The zero-order valence-electron chi connectivity index (χ0n) is 10.6. The molecular weight excluding hydrogens is 230 g/mol. The quantitative estimate of drug-likeness (QED) is 0.825. The van der Waals surface area contributed by atoms with E-state index < -0.39 is 0 Å². The highest BCUT2D eigenvalue weighted by molar-refractivity contribution is 5.44. The summed E-state index contributed by atoms with van der Waals surface area (Å²) in [5.74, 6) is 1.70. The van der Waals surface area contributed by atoms with Crippen LogP contribution in [-0.2, 0) is 4.74 Å². The van der Waals surface area contributed by atoms with Gasteiger partial charge in [0.1, 0.15) is 0 Å². The molecule has 2 heterocycles. The normalized spacial score (nSPS) is 27.6. The van der Waals surface area contributed by atoms with Crippen LogP contribution in [0.15, 0.2) is 18.2 Å². The summed E-state index contributed by atoms with van der Waals surface area (Å²) in [7, 11) is 0. The lowest BCUT2D eigenvalue weighted by molar-refractivity contribution is 0.00750. The number of fused-ring (bicyclic) bond motifs is 1. The molecular formula is C14H19NO3. The van der Waals surface area contributed by atoms with E-state index in [9.17, 15) is 0 Å². The minimum absolute atomic E-state index is 0.184. The fourth-order valence-corrected chi connectivity index (χ4v) is 2.48. The van der Waals surface area contributed by atoms with Crippen LogP contribution in [0.2, 0.25) is 0 Å². The molecule has 0 aliphatic carbocycles. The van der Waals surface area contributed by atoms with Crippen molar-refractivity contribution in [3.05, 3.63) is 23.8 Å². The molecule has 3 rings (SSSR count). The highest BCUT2D eigenvalue weighted by Gasteiger charge is 2.24. The van der Waals surface area contributed by atoms with E-state index in [1.54, 1.807) is 0 Å². The summed E-state index contributed by atoms with van der Waals surface area (Å²) >= 11 is 0. The summed E-state index contributed by atoms with van der Waals surface area (Å²) in [4.78, 5) is 0. The first-order valence-corrected chi connectivity index (χ1v) is 6.59. The van der Waals surface area contributed by atoms with Crippen LogP contribution in [-0.4, -0.2) is 32.5 Å². The zero-order chi connectivity index (χ0) is 12.4. The summed E-state index contributed by atoms with van der Waals surface area (Å²) in [6.07, 6.45) is 1.12. The van der Waals surface area contributed by atoms with E-state index in [1.165, 1.54) is 5.56 Å². The number of ether oxygens (including phenoxy) is 3. The van der Waals surface area contributed by atoms with Gasteiger partial charge in [0.2, 0.25) is 0 Å². The monoisotopic (exact) mass is 249 g/mol. The highest BCUT2D eigenvalue weighted by atomic mass is 16.5. The predicted molar refractivity (Wildman–Crippen MR) is 68.2 cm³/mol. The standard InChI is InChI=1S/C14H19NO3/c1-10-14(15-5-8-16-10)11-3-4-12-13(9-11)18-7-2-6-17-12/h3-4,9-10,14-15H,2,5-8H2,1H3. The minimum Gasteiger partial charge on any atom is -0.490 e. The Morgan fingerprint density at radius 3 is 2.78 bits per heavy atom. The molecule has 0 radical (unpaired) electrons. The molecule has 2 aliphatic heterocycles. The number of hydrogen-bond donors (Lipinski definition) is 1. The maximum absolute atomic E-state index is 5.72. The molecule has 0 spiro atoms. The summed E-state index contributed by atoms with van der Waals surface area (Å²) < 4.78 is 17.0. The molecule has 4 nitrogen and oxygen atoms in total. The van der Waals surface area contributed by atoms with Crippen LogP contribution in [0.4, 0.5) is 0 Å². The van der Waals surface area contributed by atoms with Crippen molar-refractivity contribution >= 4 is 0 Å². The van der Waals surface area contributed by atoms with Crippen LogP contribution < -0.4 is 14.8 Å². The van der Waals surface area contributed by atoms with E-state index in [2.05, 4.69) is 24.4 Å². The van der Waals surface area contributed by atoms with Crippen LogP contribution in [0.3, 0.4) is 0 Å². The molecule has 0 bridgehead atoms. The first-order valence-electron chi connectivity index (χ1n) is 6.59. The van der Waals surface area contributed by atoms with Gasteiger partial charge in [-0.1, -0.05) is 6.07 Å². The van der Waals surface area contributed by atoms with Crippen molar-refractivity contribution in [2.45, 2.75) is 25.5 Å². The second-order valence-electron chi connectivity index (χ2n) is 4.76. The summed E-state index contributed by atoms with van der Waals surface area (Å²) in [5.41, 5.74) is 1.20. The van der Waals surface area contributed by atoms with E-state index in [4.69, 9.17) is 14.2 Å². The first kappa shape index (κ1) is 11.8. The van der Waals surface area contributed by atoms with Gasteiger partial charge in [0.05, 0.1) is 32.0 Å². The van der Waals surface area contributed by atoms with Gasteiger partial charge in [-0.05, 0) is 24.6 Å². The van der Waals surface area contributed by atoms with Gasteiger partial charge in [0.25, 0.3) is 0 Å². The Morgan fingerprint density at radius 1 is 1.11 bits per heavy atom. The number of benzene rings is 1. The smallest absolute Gasteiger partial charge is 0.161 e. The summed E-state index contributed by atoms with van der Waals surface area (Å²) in [6, 6.07) is 6.40. The summed E-state index contributed by atoms with van der Waals surface area (Å²) in [6.45, 7) is 5.22. The van der Waals surface area contributed by atoms with Gasteiger partial charge in [-0.3, -0.25) is 0 Å². The molecule has 2 aliphatic rings. The van der Waals surface area contributed by atoms with Crippen LogP contribution >= 0.6 is 0 Å². The highest BCUT2D eigenvalue weighted by Crippen LogP contribution is 2.33. The predicted octanol–water partition coefficient (Wildman–Crippen LogP) is 1.90. The van der Waals surface area contributed by atoms with E-state index in [0.29, 0.717) is 0 Å². The SMILES string of the molecule is CC1OCCNC1c1ccc2c(c1)OCCCO2. The Kier molecular flexibility index (Phi) is 3.39. The molecule has 1 saturated heterocycles. The van der Waals surface area contributed by atoms with Gasteiger partial charge < -0.3 is 19.5 Å². The average molecular weight is 249 g/mol. The third-order valence-electron chi connectivity index (χ3n) is 3.45. The van der Waals surface area contributed by atoms with Crippen LogP contribution in [0.25, 0.3) is 0 Å². The second-order valence-corrected chi connectivity index (χ2v) is 4.76. The van der Waals surface area contributed by atoms with Gasteiger partial charge in [-0.25, -0.2) is 0 Å². The van der Waals surface area contributed by atoms with E-state index in [0.717, 1.165) is 44.3 Å². The van der Waals surface area contributed by atoms with Gasteiger partial charge in [0, 0.05) is 13.0 Å². The molecule has 1 N–H and O–H groups in total. The van der Waals surface area contributed by atoms with Gasteiger partial charge in [-0.2, -0.15) is 0 Å². The Bertz CT molecular complexity index is 422. The fourth-order valence-electron chi connectivity index (χ4n) is 2.48. The Labute approximate surface area is 107 Å². The lowest BCUT2D eigenvalue weighted by Gasteiger charge is -2.31. The molecule has 2 atom stereocenters. The number of rotatable bonds is 1. The van der Waals surface area contributed by atoms with E-state index in [-0.39, 0.29) is 12.1 Å². The van der Waals surface area contributed by atoms with E-state index >= 15 is 0 Å². The van der Waals surface area contributed by atoms with Crippen molar-refractivity contribution in [1.29, 1.82) is 0 Å². The van der Waals surface area contributed by atoms with Crippen LogP contribution in [0.5, 0.6) is 11.5 Å². The maximum Gasteiger partial charge on any atom is 0.161 e. The first-order chi connectivity index (χ1) is 8.84. The number of hydrogen-bond acceptors (Lipinski definition) is 4. The fraction of sp³-hybridized carbons (Fsp3) is 0.571. The van der Waals surface area contributed by atoms with Crippen LogP contribution in [0, 0.1) is 0 Å². The summed E-state index contributed by atoms with van der Waals surface area (Å²) in [5, 5.41) is 3.49. The molecule has 0 aromatic heterocycles. The Balaban J connectivity index is 1.86. The molecule has 2 unspecified atom stereocenters. The van der Waals surface area contributed by atoms with E-state index in [1.807, 2.05) is 6.07 Å². The molecule has 0 amide bonds. The molecule has 1 aromatic carbocycles. The molecule has 98 valence electrons. The van der Waals surface area contributed by atoms with Crippen LogP contribution in [0.1, 0.15) is 24.9 Å². The second kappa shape index (κ2) is 5.16. The topological polar surface area (TPSA) is 39.7 Å². The Hall–Kier alpha value is -1.26. The molecule has 4 heteroatoms. The van der Waals surface area contributed by atoms with Crippen molar-refractivity contribution in [3.8, 4) is 11.5 Å². The lowest BCUT2D eigenvalue weighted by Crippen LogP contribution is -2.40. The molecule has 0 saturated carbocycles. The molecule has 1 aromatic rings. The third-order valence-corrected chi connectivity index (χ3v) is 3.45. The molecule has 18 heavy (non-hydrogen) atoms. The number of morpholine rings is 1. The van der Waals surface area contributed by atoms with Crippen molar-refractivity contribution in [3.63, 3.8) is 0 Å². The van der Waals surface area contributed by atoms with Crippen molar-refractivity contribution in [2.24, 2.45) is 0 Å². The third kappa shape index (κ3) is 2.31. The zero-order valence-corrected chi connectivity index (χ0v) is 10.6. The maximum atomic E-state index is 5.72. The largest absolute Gasteiger partial charge is 0.490 e. The Morgan fingerprint density at radius 2 is 1.94 bits per heavy atom. The van der Waals surface area contributed by atoms with Crippen molar-refractivity contribution in [2.75, 3.05) is 26.4 Å². The van der Waals surface area contributed by atoms with Gasteiger partial charge in [-0.15, -0.1) is 0 Å². The average Bonchev–Trinajstić information content (AvgIpc) is 2.63. The minimum atomic E-state index is 0.184. The lowest BCUT2D eigenvalue weighted by atomic mass is 10.0. The number of nitrogens with one attached hydrogen (secondary N) is 1. The van der Waals surface area contributed by atoms with Gasteiger partial charge >= 0.3 is 0 Å².